The molecule has 0 atom stereocenters. The van der Waals surface area contributed by atoms with E-state index in [2.05, 4.69) is 15.3 Å². The van der Waals surface area contributed by atoms with Gasteiger partial charge in [-0.15, -0.1) is 10.2 Å². The molecule has 4 aromatic rings. The summed E-state index contributed by atoms with van der Waals surface area (Å²) in [4.78, 5) is 0. The number of nitrogens with zero attached hydrogens (tertiary/aromatic N) is 5. The third-order valence-corrected chi connectivity index (χ3v) is 5.26. The molecular formula is C19H17FN6S. The van der Waals surface area contributed by atoms with Gasteiger partial charge in [-0.1, -0.05) is 42.1 Å². The number of anilines is 1. The molecule has 0 aliphatic heterocycles. The molecule has 0 aliphatic carbocycles. The SMILES string of the molecule is Cn1c(SCc2ccc(F)cc2)nnc1-c1cnn(-c2ccccc2)c1N. The first-order chi connectivity index (χ1) is 13.1. The molecule has 8 heteroatoms. The van der Waals surface area contributed by atoms with Crippen molar-refractivity contribution in [3.05, 3.63) is 72.2 Å². The third-order valence-electron chi connectivity index (χ3n) is 4.16. The Kier molecular flexibility index (Phi) is 4.64. The number of nitrogens with two attached hydrogens (primary N) is 1. The number of halogens is 1. The summed E-state index contributed by atoms with van der Waals surface area (Å²) >= 11 is 1.53. The molecular weight excluding hydrogens is 363 g/mol. The number of benzene rings is 2. The highest BCUT2D eigenvalue weighted by atomic mass is 32.2. The lowest BCUT2D eigenvalue weighted by atomic mass is 10.2. The van der Waals surface area contributed by atoms with Crippen LogP contribution in [0.5, 0.6) is 0 Å². The lowest BCUT2D eigenvalue weighted by Gasteiger charge is -2.06. The fourth-order valence-corrected chi connectivity index (χ4v) is 3.58. The Balaban J connectivity index is 1.57. The second kappa shape index (κ2) is 7.24. The van der Waals surface area contributed by atoms with Crippen LogP contribution in [-0.2, 0) is 12.8 Å². The maximum atomic E-state index is 13.0. The van der Waals surface area contributed by atoms with Crippen molar-refractivity contribution in [2.24, 2.45) is 7.05 Å². The zero-order chi connectivity index (χ0) is 18.8. The van der Waals surface area contributed by atoms with Gasteiger partial charge in [-0.3, -0.25) is 0 Å². The lowest BCUT2D eigenvalue weighted by Crippen LogP contribution is -2.03. The second-order valence-electron chi connectivity index (χ2n) is 5.97. The molecule has 2 heterocycles. The van der Waals surface area contributed by atoms with Crippen LogP contribution < -0.4 is 5.73 Å². The van der Waals surface area contributed by atoms with Gasteiger partial charge < -0.3 is 10.3 Å². The van der Waals surface area contributed by atoms with Crippen molar-refractivity contribution in [2.75, 3.05) is 5.73 Å². The van der Waals surface area contributed by atoms with E-state index in [-0.39, 0.29) is 5.82 Å². The number of para-hydroxylation sites is 1. The van der Waals surface area contributed by atoms with Gasteiger partial charge in [-0.2, -0.15) is 5.10 Å². The van der Waals surface area contributed by atoms with Gasteiger partial charge in [-0.05, 0) is 29.8 Å². The van der Waals surface area contributed by atoms with E-state index in [1.54, 1.807) is 23.0 Å². The smallest absolute Gasteiger partial charge is 0.191 e. The molecule has 2 aromatic heterocycles. The summed E-state index contributed by atoms with van der Waals surface area (Å²) in [5.74, 6) is 1.59. The Morgan fingerprint density at radius 3 is 2.52 bits per heavy atom. The number of hydrogen-bond acceptors (Lipinski definition) is 5. The van der Waals surface area contributed by atoms with Crippen LogP contribution in [0.2, 0.25) is 0 Å². The van der Waals surface area contributed by atoms with Crippen LogP contribution in [0.3, 0.4) is 0 Å². The maximum absolute atomic E-state index is 13.0. The van der Waals surface area contributed by atoms with Crippen molar-refractivity contribution in [3.8, 4) is 17.1 Å². The summed E-state index contributed by atoms with van der Waals surface area (Å²) in [6.07, 6.45) is 1.70. The van der Waals surface area contributed by atoms with Gasteiger partial charge in [0.2, 0.25) is 0 Å². The van der Waals surface area contributed by atoms with Crippen LogP contribution in [-0.4, -0.2) is 24.5 Å². The molecule has 0 saturated heterocycles. The predicted octanol–water partition coefficient (Wildman–Crippen LogP) is 3.68. The van der Waals surface area contributed by atoms with Crippen molar-refractivity contribution in [3.63, 3.8) is 0 Å². The molecule has 0 amide bonds. The summed E-state index contributed by atoms with van der Waals surface area (Å²) in [6, 6.07) is 16.1. The first-order valence-electron chi connectivity index (χ1n) is 8.29. The van der Waals surface area contributed by atoms with Gasteiger partial charge in [0.1, 0.15) is 11.6 Å². The molecule has 0 radical (unpaired) electrons. The van der Waals surface area contributed by atoms with E-state index in [0.29, 0.717) is 17.4 Å². The number of hydrogen-bond donors (Lipinski definition) is 1. The average Bonchev–Trinajstić information content (AvgIpc) is 3.24. The summed E-state index contributed by atoms with van der Waals surface area (Å²) < 4.78 is 16.6. The standard InChI is InChI=1S/C19H17FN6S/c1-25-18(16-11-22-26(17(16)21)15-5-3-2-4-6-15)23-24-19(25)27-12-13-7-9-14(20)10-8-13/h2-11H,12,21H2,1H3. The van der Waals surface area contributed by atoms with Gasteiger partial charge in [0.15, 0.2) is 11.0 Å². The van der Waals surface area contributed by atoms with E-state index in [4.69, 9.17) is 5.73 Å². The minimum atomic E-state index is -0.240. The minimum absolute atomic E-state index is 0.240. The van der Waals surface area contributed by atoms with Crippen molar-refractivity contribution >= 4 is 17.6 Å². The average molecular weight is 380 g/mol. The summed E-state index contributed by atoms with van der Waals surface area (Å²) in [5.41, 5.74) is 8.93. The van der Waals surface area contributed by atoms with Gasteiger partial charge in [0, 0.05) is 12.8 Å². The van der Waals surface area contributed by atoms with E-state index < -0.39 is 0 Å². The largest absolute Gasteiger partial charge is 0.383 e. The minimum Gasteiger partial charge on any atom is -0.383 e. The Morgan fingerprint density at radius 1 is 1.04 bits per heavy atom. The van der Waals surface area contributed by atoms with Crippen LogP contribution >= 0.6 is 11.8 Å². The van der Waals surface area contributed by atoms with Crippen LogP contribution in [0.25, 0.3) is 17.1 Å². The van der Waals surface area contributed by atoms with E-state index in [0.717, 1.165) is 22.0 Å². The Labute approximate surface area is 159 Å². The number of nitrogen functional groups attached to an aromatic ring is 1. The molecule has 0 bridgehead atoms. The Bertz CT molecular complexity index is 1060. The molecule has 6 nitrogen and oxygen atoms in total. The molecule has 2 N–H and O–H groups in total. The molecule has 0 spiro atoms. The first kappa shape index (κ1) is 17.3. The summed E-state index contributed by atoms with van der Waals surface area (Å²) in [6.45, 7) is 0. The second-order valence-corrected chi connectivity index (χ2v) is 6.91. The topological polar surface area (TPSA) is 74.5 Å². The zero-order valence-electron chi connectivity index (χ0n) is 14.6. The molecule has 0 unspecified atom stereocenters. The van der Waals surface area contributed by atoms with E-state index >= 15 is 0 Å². The van der Waals surface area contributed by atoms with Gasteiger partial charge in [0.05, 0.1) is 17.4 Å². The van der Waals surface area contributed by atoms with Crippen LogP contribution in [0.15, 0.2) is 66.0 Å². The third kappa shape index (κ3) is 3.43. The molecule has 0 aliphatic rings. The fourth-order valence-electron chi connectivity index (χ4n) is 2.71. The first-order valence-corrected chi connectivity index (χ1v) is 9.28. The Morgan fingerprint density at radius 2 is 1.78 bits per heavy atom. The number of rotatable bonds is 5. The lowest BCUT2D eigenvalue weighted by molar-refractivity contribution is 0.627. The van der Waals surface area contributed by atoms with E-state index in [1.807, 2.05) is 41.9 Å². The van der Waals surface area contributed by atoms with Gasteiger partial charge in [-0.25, -0.2) is 9.07 Å². The van der Waals surface area contributed by atoms with Crippen molar-refractivity contribution < 1.29 is 4.39 Å². The van der Waals surface area contributed by atoms with Crippen LogP contribution in [0.1, 0.15) is 5.56 Å². The number of thioether (sulfide) groups is 1. The highest BCUT2D eigenvalue weighted by Gasteiger charge is 2.18. The van der Waals surface area contributed by atoms with Crippen molar-refractivity contribution in [1.82, 2.24) is 24.5 Å². The summed E-state index contributed by atoms with van der Waals surface area (Å²) in [7, 11) is 1.89. The Hall–Kier alpha value is -3.13. The number of aromatic nitrogens is 5. The molecule has 0 saturated carbocycles. The molecule has 2 aromatic carbocycles. The highest BCUT2D eigenvalue weighted by molar-refractivity contribution is 7.98. The van der Waals surface area contributed by atoms with Gasteiger partial charge in [0.25, 0.3) is 0 Å². The molecule has 136 valence electrons. The fraction of sp³-hybridized carbons (Fsp3) is 0.105. The van der Waals surface area contributed by atoms with Crippen LogP contribution in [0.4, 0.5) is 10.2 Å². The quantitative estimate of drug-likeness (QED) is 0.535. The summed E-state index contributed by atoms with van der Waals surface area (Å²) in [5, 5.41) is 13.7. The molecule has 27 heavy (non-hydrogen) atoms. The van der Waals surface area contributed by atoms with E-state index in [1.165, 1.54) is 23.9 Å². The van der Waals surface area contributed by atoms with Gasteiger partial charge >= 0.3 is 0 Å². The zero-order valence-corrected chi connectivity index (χ0v) is 15.4. The normalized spacial score (nSPS) is 11.0. The van der Waals surface area contributed by atoms with Crippen molar-refractivity contribution in [1.29, 1.82) is 0 Å². The monoisotopic (exact) mass is 380 g/mol. The predicted molar refractivity (Wildman–Crippen MR) is 104 cm³/mol. The molecule has 4 rings (SSSR count). The van der Waals surface area contributed by atoms with Crippen molar-refractivity contribution in [2.45, 2.75) is 10.9 Å². The maximum Gasteiger partial charge on any atom is 0.191 e. The molecule has 0 fully saturated rings. The van der Waals surface area contributed by atoms with E-state index in [9.17, 15) is 4.39 Å². The van der Waals surface area contributed by atoms with Crippen LogP contribution in [0, 0.1) is 5.82 Å². The highest BCUT2D eigenvalue weighted by Crippen LogP contribution is 2.29.